The Labute approximate surface area is 122 Å². The predicted molar refractivity (Wildman–Crippen MR) is 82.8 cm³/mol. The highest BCUT2D eigenvalue weighted by Gasteiger charge is 2.15. The molecule has 3 rings (SSSR count). The minimum Gasteiger partial charge on any atom is -0.324 e. The first-order valence-electron chi connectivity index (χ1n) is 6.69. The number of H-pyrrole nitrogens is 1. The third kappa shape index (κ3) is 2.78. The summed E-state index contributed by atoms with van der Waals surface area (Å²) in [6, 6.07) is 12.5. The van der Waals surface area contributed by atoms with Crippen LogP contribution in [0.15, 0.2) is 48.7 Å². The van der Waals surface area contributed by atoms with Crippen LogP contribution < -0.4 is 11.1 Å². The van der Waals surface area contributed by atoms with Crippen molar-refractivity contribution >= 4 is 22.5 Å². The quantitative estimate of drug-likeness (QED) is 0.689. The van der Waals surface area contributed by atoms with Gasteiger partial charge < -0.3 is 11.1 Å². The molecule has 5 nitrogen and oxygen atoms in total. The number of aromatic nitrogens is 2. The van der Waals surface area contributed by atoms with E-state index in [9.17, 15) is 4.79 Å². The van der Waals surface area contributed by atoms with Gasteiger partial charge in [0.1, 0.15) is 6.04 Å². The van der Waals surface area contributed by atoms with Gasteiger partial charge in [-0.2, -0.15) is 5.10 Å². The summed E-state index contributed by atoms with van der Waals surface area (Å²) >= 11 is 0. The molecular formula is C16H16N4O. The van der Waals surface area contributed by atoms with E-state index in [-0.39, 0.29) is 5.91 Å². The molecule has 0 aliphatic carbocycles. The second-order valence-corrected chi connectivity index (χ2v) is 5.05. The first-order chi connectivity index (χ1) is 10.1. The van der Waals surface area contributed by atoms with Crippen molar-refractivity contribution in [2.45, 2.75) is 13.0 Å². The van der Waals surface area contributed by atoms with Gasteiger partial charge in [-0.25, -0.2) is 0 Å². The highest BCUT2D eigenvalue weighted by Crippen LogP contribution is 2.19. The van der Waals surface area contributed by atoms with E-state index >= 15 is 0 Å². The molecule has 2 aromatic carbocycles. The van der Waals surface area contributed by atoms with Crippen LogP contribution in [0, 0.1) is 6.92 Å². The maximum Gasteiger partial charge on any atom is 0.245 e. The van der Waals surface area contributed by atoms with Crippen LogP contribution in [0.25, 0.3) is 10.9 Å². The van der Waals surface area contributed by atoms with Gasteiger partial charge in [-0.1, -0.05) is 29.8 Å². The molecule has 0 saturated heterocycles. The monoisotopic (exact) mass is 280 g/mol. The molecular weight excluding hydrogens is 264 g/mol. The summed E-state index contributed by atoms with van der Waals surface area (Å²) in [5, 5.41) is 10.6. The van der Waals surface area contributed by atoms with Crippen LogP contribution in [0.1, 0.15) is 17.2 Å². The average molecular weight is 280 g/mol. The standard InChI is InChI=1S/C16H16N4O/c1-10-2-4-11(5-3-10)15(17)16(21)19-13-6-7-14-12(8-13)9-18-20-14/h2-9,15H,17H2,1H3,(H,18,20)(H,19,21). The molecule has 0 fully saturated rings. The van der Waals surface area contributed by atoms with Gasteiger partial charge in [0.15, 0.2) is 0 Å². The zero-order valence-electron chi connectivity index (χ0n) is 11.6. The van der Waals surface area contributed by atoms with E-state index in [1.54, 1.807) is 6.20 Å². The number of nitrogens with zero attached hydrogens (tertiary/aromatic N) is 1. The van der Waals surface area contributed by atoms with Gasteiger partial charge in [-0.05, 0) is 30.7 Å². The van der Waals surface area contributed by atoms with E-state index in [2.05, 4.69) is 15.5 Å². The third-order valence-electron chi connectivity index (χ3n) is 3.43. The Morgan fingerprint density at radius 2 is 2.00 bits per heavy atom. The van der Waals surface area contributed by atoms with Crippen molar-refractivity contribution in [1.29, 1.82) is 0 Å². The molecule has 1 aromatic heterocycles. The summed E-state index contributed by atoms with van der Waals surface area (Å²) in [6.07, 6.45) is 1.71. The van der Waals surface area contributed by atoms with Gasteiger partial charge in [0.2, 0.25) is 5.91 Å². The molecule has 21 heavy (non-hydrogen) atoms. The number of carbonyl (C=O) groups is 1. The molecule has 0 spiro atoms. The molecule has 0 aliphatic rings. The second-order valence-electron chi connectivity index (χ2n) is 5.05. The van der Waals surface area contributed by atoms with E-state index in [1.165, 1.54) is 0 Å². The number of hydrogen-bond donors (Lipinski definition) is 3. The normalized spacial score (nSPS) is 12.3. The predicted octanol–water partition coefficient (Wildman–Crippen LogP) is 2.51. The van der Waals surface area contributed by atoms with Crippen LogP contribution in [-0.2, 0) is 4.79 Å². The zero-order valence-corrected chi connectivity index (χ0v) is 11.6. The van der Waals surface area contributed by atoms with E-state index in [4.69, 9.17) is 5.73 Å². The van der Waals surface area contributed by atoms with Crippen molar-refractivity contribution in [1.82, 2.24) is 10.2 Å². The molecule has 0 radical (unpaired) electrons. The maximum atomic E-state index is 12.2. The fourth-order valence-corrected chi connectivity index (χ4v) is 2.17. The Morgan fingerprint density at radius 3 is 2.76 bits per heavy atom. The van der Waals surface area contributed by atoms with Crippen LogP contribution in [0.5, 0.6) is 0 Å². The lowest BCUT2D eigenvalue weighted by Crippen LogP contribution is -2.27. The summed E-state index contributed by atoms with van der Waals surface area (Å²) in [5.74, 6) is -0.235. The highest BCUT2D eigenvalue weighted by atomic mass is 16.2. The minimum absolute atomic E-state index is 0.235. The second kappa shape index (κ2) is 5.38. The van der Waals surface area contributed by atoms with Crippen LogP contribution >= 0.6 is 0 Å². The number of aryl methyl sites for hydroxylation is 1. The highest BCUT2D eigenvalue weighted by molar-refractivity contribution is 5.97. The number of hydrogen-bond acceptors (Lipinski definition) is 3. The number of aromatic amines is 1. The Kier molecular flexibility index (Phi) is 3.41. The molecule has 1 amide bonds. The van der Waals surface area contributed by atoms with Crippen LogP contribution in [0.4, 0.5) is 5.69 Å². The number of nitrogens with two attached hydrogens (primary N) is 1. The third-order valence-corrected chi connectivity index (χ3v) is 3.43. The molecule has 106 valence electrons. The summed E-state index contributed by atoms with van der Waals surface area (Å²) in [7, 11) is 0. The van der Waals surface area contributed by atoms with Gasteiger partial charge in [-0.15, -0.1) is 0 Å². The molecule has 0 bridgehead atoms. The molecule has 1 unspecified atom stereocenters. The SMILES string of the molecule is Cc1ccc(C(N)C(=O)Nc2ccc3[nH]ncc3c2)cc1. The van der Waals surface area contributed by atoms with Crippen molar-refractivity contribution in [3.63, 3.8) is 0 Å². The Morgan fingerprint density at radius 1 is 1.24 bits per heavy atom. The number of rotatable bonds is 3. The number of amides is 1. The van der Waals surface area contributed by atoms with E-state index in [0.717, 1.165) is 22.0 Å². The molecule has 5 heteroatoms. The number of benzene rings is 2. The summed E-state index contributed by atoms with van der Waals surface area (Å²) < 4.78 is 0. The molecule has 3 aromatic rings. The van der Waals surface area contributed by atoms with Crippen molar-refractivity contribution in [3.8, 4) is 0 Å². The molecule has 1 atom stereocenters. The zero-order chi connectivity index (χ0) is 14.8. The van der Waals surface area contributed by atoms with Crippen LogP contribution in [-0.4, -0.2) is 16.1 Å². The van der Waals surface area contributed by atoms with Gasteiger partial charge in [-0.3, -0.25) is 9.89 Å². The lowest BCUT2D eigenvalue weighted by atomic mass is 10.1. The molecule has 0 saturated carbocycles. The average Bonchev–Trinajstić information content (AvgIpc) is 2.95. The van der Waals surface area contributed by atoms with Crippen LogP contribution in [0.2, 0.25) is 0 Å². The molecule has 1 heterocycles. The smallest absolute Gasteiger partial charge is 0.245 e. The fourth-order valence-electron chi connectivity index (χ4n) is 2.17. The Bertz CT molecular complexity index is 776. The lowest BCUT2D eigenvalue weighted by molar-refractivity contribution is -0.117. The first-order valence-corrected chi connectivity index (χ1v) is 6.69. The van der Waals surface area contributed by atoms with Gasteiger partial charge >= 0.3 is 0 Å². The number of carbonyl (C=O) groups excluding carboxylic acids is 1. The van der Waals surface area contributed by atoms with E-state index < -0.39 is 6.04 Å². The van der Waals surface area contributed by atoms with Crippen molar-refractivity contribution in [2.75, 3.05) is 5.32 Å². The summed E-state index contributed by atoms with van der Waals surface area (Å²) in [4.78, 5) is 12.2. The number of fused-ring (bicyclic) bond motifs is 1. The Balaban J connectivity index is 1.77. The van der Waals surface area contributed by atoms with Crippen molar-refractivity contribution < 1.29 is 4.79 Å². The number of nitrogens with one attached hydrogen (secondary N) is 2. The van der Waals surface area contributed by atoms with Gasteiger partial charge in [0.05, 0.1) is 11.7 Å². The lowest BCUT2D eigenvalue weighted by Gasteiger charge is -2.13. The minimum atomic E-state index is -0.689. The number of anilines is 1. The van der Waals surface area contributed by atoms with Crippen molar-refractivity contribution in [2.24, 2.45) is 5.73 Å². The molecule has 4 N–H and O–H groups in total. The largest absolute Gasteiger partial charge is 0.324 e. The van der Waals surface area contributed by atoms with Crippen molar-refractivity contribution in [3.05, 3.63) is 59.8 Å². The van der Waals surface area contributed by atoms with Gasteiger partial charge in [0, 0.05) is 11.1 Å². The summed E-state index contributed by atoms with van der Waals surface area (Å²) in [5.41, 5.74) is 9.56. The fraction of sp³-hybridized carbons (Fsp3) is 0.125. The van der Waals surface area contributed by atoms with E-state index in [0.29, 0.717) is 5.69 Å². The van der Waals surface area contributed by atoms with Crippen LogP contribution in [0.3, 0.4) is 0 Å². The van der Waals surface area contributed by atoms with Gasteiger partial charge in [0.25, 0.3) is 0 Å². The van der Waals surface area contributed by atoms with E-state index in [1.807, 2.05) is 49.4 Å². The topological polar surface area (TPSA) is 83.8 Å². The maximum absolute atomic E-state index is 12.2. The summed E-state index contributed by atoms with van der Waals surface area (Å²) in [6.45, 7) is 2.00. The first kappa shape index (κ1) is 13.3. The molecule has 0 aliphatic heterocycles. The Hall–Kier alpha value is -2.66.